The van der Waals surface area contributed by atoms with Crippen LogP contribution in [0.4, 0.5) is 14.5 Å². The number of ether oxygens (including phenoxy) is 2. The molecule has 2 aromatic carbocycles. The smallest absolute Gasteiger partial charge is 0.387 e. The summed E-state index contributed by atoms with van der Waals surface area (Å²) < 4.78 is 33.3. The van der Waals surface area contributed by atoms with Crippen molar-refractivity contribution in [3.63, 3.8) is 0 Å². The molecule has 0 fully saturated rings. The second kappa shape index (κ2) is 9.57. The van der Waals surface area contributed by atoms with Crippen molar-refractivity contribution >= 4 is 29.4 Å². The third-order valence-corrected chi connectivity index (χ3v) is 3.31. The molecule has 26 heavy (non-hydrogen) atoms. The first-order chi connectivity index (χ1) is 12.5. The minimum Gasteiger partial charge on any atom is -0.495 e. The monoisotopic (exact) mass is 384 g/mol. The Morgan fingerprint density at radius 3 is 2.62 bits per heavy atom. The van der Waals surface area contributed by atoms with Gasteiger partial charge in [-0.15, -0.1) is 0 Å². The van der Waals surface area contributed by atoms with E-state index in [2.05, 4.69) is 15.2 Å². The third-order valence-electron chi connectivity index (χ3n) is 3.01. The van der Waals surface area contributed by atoms with Crippen molar-refractivity contribution in [2.75, 3.05) is 19.0 Å². The van der Waals surface area contributed by atoms with Crippen LogP contribution < -0.4 is 14.8 Å². The maximum absolute atomic E-state index is 12.0. The fraction of sp³-hybridized carbons (Fsp3) is 0.176. The Balaban J connectivity index is 1.78. The predicted molar refractivity (Wildman–Crippen MR) is 93.3 cm³/mol. The number of hydrogen-bond donors (Lipinski definition) is 1. The highest BCUT2D eigenvalue weighted by Crippen LogP contribution is 2.27. The minimum atomic E-state index is -2.88. The molecule has 0 aliphatic rings. The van der Waals surface area contributed by atoms with Crippen LogP contribution in [-0.4, -0.2) is 32.4 Å². The molecule has 1 N–H and O–H groups in total. The summed E-state index contributed by atoms with van der Waals surface area (Å²) in [6.45, 7) is -3.19. The molecule has 0 saturated carbocycles. The summed E-state index contributed by atoms with van der Waals surface area (Å²) in [5.74, 6) is 0.107. The predicted octanol–water partition coefficient (Wildman–Crippen LogP) is 3.94. The van der Waals surface area contributed by atoms with E-state index >= 15 is 0 Å². The molecule has 0 bridgehead atoms. The second-order valence-electron chi connectivity index (χ2n) is 4.85. The molecular weight excluding hydrogens is 370 g/mol. The van der Waals surface area contributed by atoms with Gasteiger partial charge >= 0.3 is 6.61 Å². The molecule has 0 radical (unpaired) electrons. The van der Waals surface area contributed by atoms with Crippen LogP contribution in [0.5, 0.6) is 11.5 Å². The van der Waals surface area contributed by atoms with E-state index < -0.39 is 12.5 Å². The average Bonchev–Trinajstić information content (AvgIpc) is 2.60. The lowest BCUT2D eigenvalue weighted by atomic mass is 10.2. The number of halogens is 3. The lowest BCUT2D eigenvalue weighted by Crippen LogP contribution is -2.16. The van der Waals surface area contributed by atoms with Crippen LogP contribution >= 0.6 is 11.6 Å². The molecular formula is C17H15ClF2N2O4. The van der Waals surface area contributed by atoms with Crippen molar-refractivity contribution < 1.29 is 27.9 Å². The number of hydrogen-bond acceptors (Lipinski definition) is 5. The minimum absolute atomic E-state index is 0.0376. The molecule has 0 spiro atoms. The number of benzene rings is 2. The second-order valence-corrected chi connectivity index (χ2v) is 5.26. The summed E-state index contributed by atoms with van der Waals surface area (Å²) >= 11 is 5.96. The van der Waals surface area contributed by atoms with Crippen molar-refractivity contribution in [1.29, 1.82) is 0 Å². The molecule has 0 atom stereocenters. The maximum atomic E-state index is 12.0. The summed E-state index contributed by atoms with van der Waals surface area (Å²) in [6.07, 6.45) is 1.34. The molecule has 6 nitrogen and oxygen atoms in total. The van der Waals surface area contributed by atoms with Crippen LogP contribution in [0.2, 0.25) is 5.02 Å². The van der Waals surface area contributed by atoms with Gasteiger partial charge in [0, 0.05) is 5.69 Å². The number of methoxy groups -OCH3 is 1. The number of alkyl halides is 2. The van der Waals surface area contributed by atoms with Crippen LogP contribution in [0.25, 0.3) is 0 Å². The average molecular weight is 385 g/mol. The molecule has 1 amide bonds. The first-order valence-electron chi connectivity index (χ1n) is 7.31. The number of anilines is 1. The number of amides is 1. The van der Waals surface area contributed by atoms with Crippen molar-refractivity contribution in [2.45, 2.75) is 6.61 Å². The normalized spacial score (nSPS) is 10.8. The highest BCUT2D eigenvalue weighted by atomic mass is 35.5. The van der Waals surface area contributed by atoms with Crippen molar-refractivity contribution in [2.24, 2.45) is 5.16 Å². The summed E-state index contributed by atoms with van der Waals surface area (Å²) in [5.41, 5.74) is 1.08. The Morgan fingerprint density at radius 1 is 1.27 bits per heavy atom. The molecule has 0 heterocycles. The number of nitrogens with zero attached hydrogens (tertiary/aromatic N) is 1. The molecule has 0 unspecified atom stereocenters. The van der Waals surface area contributed by atoms with E-state index in [1.165, 1.54) is 37.6 Å². The molecule has 0 aliphatic carbocycles. The standard InChI is InChI=1S/C17H15ClF2N2O4/c1-24-15-7-4-12(8-14(15)18)22-16(23)10-25-21-9-11-2-5-13(6-3-11)26-17(19)20/h2-9,17H,10H2,1H3,(H,22,23)/b21-9-. The van der Waals surface area contributed by atoms with Gasteiger partial charge in [-0.1, -0.05) is 16.8 Å². The van der Waals surface area contributed by atoms with Crippen molar-refractivity contribution in [3.05, 3.63) is 53.1 Å². The maximum Gasteiger partial charge on any atom is 0.387 e. The Hall–Kier alpha value is -2.87. The van der Waals surface area contributed by atoms with Crippen LogP contribution in [-0.2, 0) is 9.63 Å². The number of carbonyl (C=O) groups excluding carboxylic acids is 1. The van der Waals surface area contributed by atoms with E-state index in [-0.39, 0.29) is 12.4 Å². The Labute approximate surface area is 153 Å². The van der Waals surface area contributed by atoms with Gasteiger partial charge < -0.3 is 19.6 Å². The van der Waals surface area contributed by atoms with E-state index in [9.17, 15) is 13.6 Å². The number of nitrogens with one attached hydrogen (secondary N) is 1. The van der Waals surface area contributed by atoms with Crippen LogP contribution in [0, 0.1) is 0 Å². The van der Waals surface area contributed by atoms with Crippen molar-refractivity contribution in [1.82, 2.24) is 0 Å². The molecule has 0 aliphatic heterocycles. The molecule has 138 valence electrons. The summed E-state index contributed by atoms with van der Waals surface area (Å²) in [6, 6.07) is 10.6. The van der Waals surface area contributed by atoms with E-state index in [1.54, 1.807) is 18.2 Å². The summed E-state index contributed by atoms with van der Waals surface area (Å²) in [4.78, 5) is 16.7. The zero-order valence-corrected chi connectivity index (χ0v) is 14.4. The number of oxime groups is 1. The van der Waals surface area contributed by atoms with Crippen LogP contribution in [0.1, 0.15) is 5.56 Å². The van der Waals surface area contributed by atoms with E-state index in [4.69, 9.17) is 21.2 Å². The number of rotatable bonds is 8. The third kappa shape index (κ3) is 6.21. The molecule has 2 aromatic rings. The van der Waals surface area contributed by atoms with Gasteiger partial charge in [0.25, 0.3) is 5.91 Å². The Kier molecular flexibility index (Phi) is 7.16. The van der Waals surface area contributed by atoms with Gasteiger partial charge in [0.2, 0.25) is 0 Å². The fourth-order valence-electron chi connectivity index (χ4n) is 1.87. The molecule has 2 rings (SSSR count). The Morgan fingerprint density at radius 2 is 2.00 bits per heavy atom. The van der Waals surface area contributed by atoms with Gasteiger partial charge in [-0.2, -0.15) is 8.78 Å². The zero-order valence-electron chi connectivity index (χ0n) is 13.6. The van der Waals surface area contributed by atoms with Gasteiger partial charge in [-0.25, -0.2) is 0 Å². The Bertz CT molecular complexity index is 770. The van der Waals surface area contributed by atoms with Gasteiger partial charge in [-0.3, -0.25) is 4.79 Å². The van der Waals surface area contributed by atoms with Crippen molar-refractivity contribution in [3.8, 4) is 11.5 Å². The topological polar surface area (TPSA) is 69.2 Å². The molecule has 9 heteroatoms. The molecule has 0 saturated heterocycles. The van der Waals surface area contributed by atoms with Crippen LogP contribution in [0.3, 0.4) is 0 Å². The fourth-order valence-corrected chi connectivity index (χ4v) is 2.13. The van der Waals surface area contributed by atoms with E-state index in [1.807, 2.05) is 0 Å². The van der Waals surface area contributed by atoms with E-state index in [0.717, 1.165) is 0 Å². The lowest BCUT2D eigenvalue weighted by Gasteiger charge is -2.07. The van der Waals surface area contributed by atoms with E-state index in [0.29, 0.717) is 22.0 Å². The number of carbonyl (C=O) groups is 1. The highest BCUT2D eigenvalue weighted by Gasteiger charge is 2.06. The summed E-state index contributed by atoms with van der Waals surface area (Å²) in [5, 5.41) is 6.60. The van der Waals surface area contributed by atoms with Crippen LogP contribution in [0.15, 0.2) is 47.6 Å². The highest BCUT2D eigenvalue weighted by molar-refractivity contribution is 6.32. The molecule has 0 aromatic heterocycles. The first-order valence-corrected chi connectivity index (χ1v) is 7.69. The first kappa shape index (κ1) is 19.5. The lowest BCUT2D eigenvalue weighted by molar-refractivity contribution is -0.120. The SMILES string of the molecule is COc1ccc(NC(=O)CO/N=C\c2ccc(OC(F)F)cc2)cc1Cl. The summed E-state index contributed by atoms with van der Waals surface area (Å²) in [7, 11) is 1.49. The van der Waals surface area contributed by atoms with Gasteiger partial charge in [0.05, 0.1) is 18.3 Å². The van der Waals surface area contributed by atoms with Gasteiger partial charge in [-0.05, 0) is 48.0 Å². The zero-order chi connectivity index (χ0) is 18.9. The quantitative estimate of drug-likeness (QED) is 0.553. The van der Waals surface area contributed by atoms with Gasteiger partial charge in [0.15, 0.2) is 6.61 Å². The van der Waals surface area contributed by atoms with Gasteiger partial charge in [0.1, 0.15) is 11.5 Å². The largest absolute Gasteiger partial charge is 0.495 e.